The van der Waals surface area contributed by atoms with Crippen molar-refractivity contribution in [3.05, 3.63) is 23.8 Å². The molecule has 0 unspecified atom stereocenters. The van der Waals surface area contributed by atoms with E-state index >= 15 is 0 Å². The summed E-state index contributed by atoms with van der Waals surface area (Å²) in [7, 11) is 3.28. The Balaban J connectivity index is 0.00000264. The Bertz CT molecular complexity index is 505. The molecular weight excluding hydrogens is 405 g/mol. The third-order valence-electron chi connectivity index (χ3n) is 4.21. The average Bonchev–Trinajstić information content (AvgIpc) is 2.49. The number of methoxy groups -OCH3 is 2. The number of aliphatic imine (C=N–C) groups is 1. The van der Waals surface area contributed by atoms with E-state index in [9.17, 15) is 0 Å². The molecule has 1 aromatic carbocycles. The molecule has 1 fully saturated rings. The first-order valence-corrected chi connectivity index (χ1v) is 7.97. The Kier molecular flexibility index (Phi) is 9.13. The molecular formula is C17H28IN3O2. The summed E-state index contributed by atoms with van der Waals surface area (Å²) in [6.45, 7) is 1.59. The molecule has 0 atom stereocenters. The molecule has 130 valence electrons. The highest BCUT2D eigenvalue weighted by molar-refractivity contribution is 14.0. The van der Waals surface area contributed by atoms with Gasteiger partial charge in [-0.1, -0.05) is 25.3 Å². The SMILES string of the molecule is COc1ccc(CCNC(N)=NCCC2CCC2)cc1OC.I. The molecule has 2 rings (SSSR count). The quantitative estimate of drug-likeness (QED) is 0.376. The number of halogens is 1. The second kappa shape index (κ2) is 10.6. The fraction of sp³-hybridized carbons (Fsp3) is 0.588. The van der Waals surface area contributed by atoms with Crippen LogP contribution in [0.3, 0.4) is 0 Å². The van der Waals surface area contributed by atoms with E-state index in [4.69, 9.17) is 15.2 Å². The number of hydrogen-bond donors (Lipinski definition) is 2. The van der Waals surface area contributed by atoms with Gasteiger partial charge in [-0.25, -0.2) is 0 Å². The van der Waals surface area contributed by atoms with E-state index in [2.05, 4.69) is 10.3 Å². The minimum Gasteiger partial charge on any atom is -0.493 e. The van der Waals surface area contributed by atoms with Gasteiger partial charge in [0.1, 0.15) is 0 Å². The lowest BCUT2D eigenvalue weighted by molar-refractivity contribution is 0.300. The normalized spacial score (nSPS) is 14.6. The second-order valence-electron chi connectivity index (χ2n) is 5.72. The van der Waals surface area contributed by atoms with Gasteiger partial charge in [-0.2, -0.15) is 0 Å². The van der Waals surface area contributed by atoms with Crippen LogP contribution in [0.15, 0.2) is 23.2 Å². The fourth-order valence-corrected chi connectivity index (χ4v) is 2.58. The number of nitrogens with one attached hydrogen (secondary N) is 1. The summed E-state index contributed by atoms with van der Waals surface area (Å²) in [5, 5.41) is 3.16. The molecule has 5 nitrogen and oxygen atoms in total. The van der Waals surface area contributed by atoms with E-state index in [1.807, 2.05) is 18.2 Å². The van der Waals surface area contributed by atoms with Crippen LogP contribution in [0.5, 0.6) is 11.5 Å². The van der Waals surface area contributed by atoms with Gasteiger partial charge in [-0.15, -0.1) is 24.0 Å². The van der Waals surface area contributed by atoms with Crippen LogP contribution in [0.1, 0.15) is 31.2 Å². The highest BCUT2D eigenvalue weighted by Crippen LogP contribution is 2.29. The van der Waals surface area contributed by atoms with Crippen molar-refractivity contribution in [3.63, 3.8) is 0 Å². The Morgan fingerprint density at radius 2 is 2.00 bits per heavy atom. The zero-order valence-corrected chi connectivity index (χ0v) is 16.3. The smallest absolute Gasteiger partial charge is 0.188 e. The molecule has 1 saturated carbocycles. The van der Waals surface area contributed by atoms with E-state index in [1.165, 1.54) is 24.8 Å². The van der Waals surface area contributed by atoms with Crippen LogP contribution < -0.4 is 20.5 Å². The molecule has 0 radical (unpaired) electrons. The number of hydrogen-bond acceptors (Lipinski definition) is 3. The molecule has 3 N–H and O–H groups in total. The van der Waals surface area contributed by atoms with Gasteiger partial charge in [0.15, 0.2) is 17.5 Å². The highest BCUT2D eigenvalue weighted by Gasteiger charge is 2.16. The van der Waals surface area contributed by atoms with E-state index in [0.717, 1.165) is 43.3 Å². The Labute approximate surface area is 156 Å². The number of nitrogens with zero attached hydrogens (tertiary/aromatic N) is 1. The van der Waals surface area contributed by atoms with Gasteiger partial charge in [-0.05, 0) is 36.5 Å². The Morgan fingerprint density at radius 1 is 1.26 bits per heavy atom. The predicted octanol–water partition coefficient (Wildman–Crippen LogP) is 2.96. The molecule has 1 aliphatic rings. The first kappa shape index (κ1) is 19.9. The highest BCUT2D eigenvalue weighted by atomic mass is 127. The standard InChI is InChI=1S/C17H27N3O2.HI/c1-21-15-7-6-14(12-16(15)22-2)9-11-20-17(18)19-10-8-13-4-3-5-13;/h6-7,12-13H,3-5,8-11H2,1-2H3,(H3,18,19,20);1H. The molecule has 0 saturated heterocycles. The molecule has 0 amide bonds. The van der Waals surface area contributed by atoms with Crippen LogP contribution in [0.25, 0.3) is 0 Å². The van der Waals surface area contributed by atoms with Crippen molar-refractivity contribution in [1.29, 1.82) is 0 Å². The number of rotatable bonds is 8. The minimum atomic E-state index is 0. The fourth-order valence-electron chi connectivity index (χ4n) is 2.58. The van der Waals surface area contributed by atoms with Gasteiger partial charge >= 0.3 is 0 Å². The van der Waals surface area contributed by atoms with Crippen LogP contribution in [-0.2, 0) is 6.42 Å². The van der Waals surface area contributed by atoms with Gasteiger partial charge in [-0.3, -0.25) is 4.99 Å². The maximum absolute atomic E-state index is 5.88. The van der Waals surface area contributed by atoms with E-state index in [1.54, 1.807) is 14.2 Å². The largest absolute Gasteiger partial charge is 0.493 e. The molecule has 6 heteroatoms. The summed E-state index contributed by atoms with van der Waals surface area (Å²) in [4.78, 5) is 4.38. The predicted molar refractivity (Wildman–Crippen MR) is 105 cm³/mol. The van der Waals surface area contributed by atoms with Crippen molar-refractivity contribution in [3.8, 4) is 11.5 Å². The van der Waals surface area contributed by atoms with Crippen molar-refractivity contribution in [2.45, 2.75) is 32.1 Å². The van der Waals surface area contributed by atoms with Crippen LogP contribution in [-0.4, -0.2) is 33.3 Å². The summed E-state index contributed by atoms with van der Waals surface area (Å²) in [5.41, 5.74) is 7.05. The molecule has 1 aromatic rings. The minimum absolute atomic E-state index is 0. The molecule has 0 spiro atoms. The molecule has 0 bridgehead atoms. The Morgan fingerprint density at radius 3 is 2.61 bits per heavy atom. The van der Waals surface area contributed by atoms with E-state index < -0.39 is 0 Å². The van der Waals surface area contributed by atoms with Gasteiger partial charge in [0.2, 0.25) is 0 Å². The summed E-state index contributed by atoms with van der Waals surface area (Å²) >= 11 is 0. The third kappa shape index (κ3) is 6.45. The number of nitrogens with two attached hydrogens (primary N) is 1. The van der Waals surface area contributed by atoms with Crippen LogP contribution in [0, 0.1) is 5.92 Å². The van der Waals surface area contributed by atoms with Crippen molar-refractivity contribution < 1.29 is 9.47 Å². The lowest BCUT2D eigenvalue weighted by Crippen LogP contribution is -2.33. The summed E-state index contributed by atoms with van der Waals surface area (Å²) < 4.78 is 10.5. The van der Waals surface area contributed by atoms with E-state index in [-0.39, 0.29) is 24.0 Å². The molecule has 0 heterocycles. The molecule has 23 heavy (non-hydrogen) atoms. The lowest BCUT2D eigenvalue weighted by Gasteiger charge is -2.24. The maximum atomic E-state index is 5.88. The molecule has 1 aliphatic carbocycles. The van der Waals surface area contributed by atoms with Crippen LogP contribution in [0.4, 0.5) is 0 Å². The van der Waals surface area contributed by atoms with Crippen molar-refractivity contribution >= 4 is 29.9 Å². The average molecular weight is 433 g/mol. The maximum Gasteiger partial charge on any atom is 0.188 e. The van der Waals surface area contributed by atoms with Crippen molar-refractivity contribution in [2.24, 2.45) is 16.6 Å². The van der Waals surface area contributed by atoms with Crippen molar-refractivity contribution in [1.82, 2.24) is 5.32 Å². The summed E-state index contributed by atoms with van der Waals surface area (Å²) in [5.74, 6) is 2.92. The van der Waals surface area contributed by atoms with Gasteiger partial charge in [0.25, 0.3) is 0 Å². The first-order chi connectivity index (χ1) is 10.7. The summed E-state index contributed by atoms with van der Waals surface area (Å²) in [6.07, 6.45) is 6.13. The van der Waals surface area contributed by atoms with Gasteiger partial charge < -0.3 is 20.5 Å². The first-order valence-electron chi connectivity index (χ1n) is 7.97. The third-order valence-corrected chi connectivity index (χ3v) is 4.21. The zero-order valence-electron chi connectivity index (χ0n) is 14.0. The molecule has 0 aromatic heterocycles. The van der Waals surface area contributed by atoms with Crippen molar-refractivity contribution in [2.75, 3.05) is 27.3 Å². The Hall–Kier alpha value is -1.18. The van der Waals surface area contributed by atoms with Crippen LogP contribution in [0.2, 0.25) is 0 Å². The molecule has 0 aliphatic heterocycles. The van der Waals surface area contributed by atoms with Crippen LogP contribution >= 0.6 is 24.0 Å². The lowest BCUT2D eigenvalue weighted by atomic mass is 9.83. The second-order valence-corrected chi connectivity index (χ2v) is 5.72. The summed E-state index contributed by atoms with van der Waals surface area (Å²) in [6, 6.07) is 5.95. The van der Waals surface area contributed by atoms with Gasteiger partial charge in [0, 0.05) is 13.1 Å². The topological polar surface area (TPSA) is 68.9 Å². The van der Waals surface area contributed by atoms with Gasteiger partial charge in [0.05, 0.1) is 14.2 Å². The number of guanidine groups is 1. The van der Waals surface area contributed by atoms with E-state index in [0.29, 0.717) is 5.96 Å². The number of benzene rings is 1. The number of ether oxygens (including phenoxy) is 2. The zero-order chi connectivity index (χ0) is 15.8. The monoisotopic (exact) mass is 433 g/mol.